The van der Waals surface area contributed by atoms with Crippen LogP contribution in [0.15, 0.2) is 48.5 Å². The first-order valence-corrected chi connectivity index (χ1v) is 8.11. The number of amides is 2. The Balaban J connectivity index is 1.46. The number of carbonyl (C=O) groups is 2. The molecule has 0 aromatic heterocycles. The molecule has 0 saturated heterocycles. The van der Waals surface area contributed by atoms with Crippen molar-refractivity contribution in [1.29, 1.82) is 0 Å². The number of benzene rings is 2. The molecule has 1 unspecified atom stereocenters. The standard InChI is InChI=1S/C19H20N2O4/c1-24-16-8-4-5-9-17(16)25-12-18(22)20-11-10-14-13-6-2-3-7-15(13)21-19(14)23/h2-9,14H,10-12H2,1H3,(H,20,22)(H,21,23). The molecule has 1 heterocycles. The van der Waals surface area contributed by atoms with Gasteiger partial charge in [-0.3, -0.25) is 9.59 Å². The number of hydrogen-bond acceptors (Lipinski definition) is 4. The first kappa shape index (κ1) is 16.8. The Bertz CT molecular complexity index is 776. The van der Waals surface area contributed by atoms with Gasteiger partial charge in [0.25, 0.3) is 5.91 Å². The Kier molecular flexibility index (Phi) is 5.18. The summed E-state index contributed by atoms with van der Waals surface area (Å²) >= 11 is 0. The van der Waals surface area contributed by atoms with Gasteiger partial charge in [0.1, 0.15) is 0 Å². The van der Waals surface area contributed by atoms with E-state index in [1.807, 2.05) is 36.4 Å². The average molecular weight is 340 g/mol. The second-order valence-electron chi connectivity index (χ2n) is 5.71. The van der Waals surface area contributed by atoms with Crippen molar-refractivity contribution in [3.05, 3.63) is 54.1 Å². The number of ether oxygens (including phenoxy) is 2. The third-order valence-electron chi connectivity index (χ3n) is 4.09. The molecule has 6 nitrogen and oxygen atoms in total. The van der Waals surface area contributed by atoms with E-state index >= 15 is 0 Å². The van der Waals surface area contributed by atoms with E-state index < -0.39 is 0 Å². The molecule has 6 heteroatoms. The molecule has 0 radical (unpaired) electrons. The minimum atomic E-state index is -0.238. The molecule has 1 atom stereocenters. The lowest BCUT2D eigenvalue weighted by atomic mass is 9.97. The van der Waals surface area contributed by atoms with Crippen LogP contribution in [0.3, 0.4) is 0 Å². The van der Waals surface area contributed by atoms with Crippen LogP contribution in [-0.4, -0.2) is 32.1 Å². The lowest BCUT2D eigenvalue weighted by Gasteiger charge is -2.12. The minimum Gasteiger partial charge on any atom is -0.493 e. The number of anilines is 1. The Morgan fingerprint density at radius 3 is 2.64 bits per heavy atom. The first-order valence-electron chi connectivity index (χ1n) is 8.11. The van der Waals surface area contributed by atoms with Crippen LogP contribution in [0, 0.1) is 0 Å². The molecule has 2 N–H and O–H groups in total. The fourth-order valence-corrected chi connectivity index (χ4v) is 2.85. The second kappa shape index (κ2) is 7.70. The monoisotopic (exact) mass is 340 g/mol. The van der Waals surface area contributed by atoms with Gasteiger partial charge in [-0.25, -0.2) is 0 Å². The maximum absolute atomic E-state index is 12.0. The van der Waals surface area contributed by atoms with E-state index in [9.17, 15) is 9.59 Å². The number of carbonyl (C=O) groups excluding carboxylic acids is 2. The van der Waals surface area contributed by atoms with Crippen molar-refractivity contribution in [2.24, 2.45) is 0 Å². The van der Waals surface area contributed by atoms with Gasteiger partial charge in [-0.15, -0.1) is 0 Å². The normalized spacial score (nSPS) is 15.2. The van der Waals surface area contributed by atoms with Gasteiger partial charge >= 0.3 is 0 Å². The highest BCUT2D eigenvalue weighted by Crippen LogP contribution is 2.33. The topological polar surface area (TPSA) is 76.7 Å². The molecule has 0 aliphatic carbocycles. The van der Waals surface area contributed by atoms with Gasteiger partial charge in [-0.05, 0) is 30.2 Å². The largest absolute Gasteiger partial charge is 0.493 e. The number of hydrogen-bond donors (Lipinski definition) is 2. The molecule has 0 saturated carbocycles. The SMILES string of the molecule is COc1ccccc1OCC(=O)NCCC1C(=O)Nc2ccccc21. The fourth-order valence-electron chi connectivity index (χ4n) is 2.85. The summed E-state index contributed by atoms with van der Waals surface area (Å²) in [5.41, 5.74) is 1.83. The number of nitrogens with one attached hydrogen (secondary N) is 2. The van der Waals surface area contributed by atoms with Crippen molar-refractivity contribution < 1.29 is 19.1 Å². The van der Waals surface area contributed by atoms with Gasteiger partial charge in [0.05, 0.1) is 13.0 Å². The van der Waals surface area contributed by atoms with Crippen LogP contribution in [-0.2, 0) is 9.59 Å². The van der Waals surface area contributed by atoms with Crippen molar-refractivity contribution in [3.63, 3.8) is 0 Å². The van der Waals surface area contributed by atoms with E-state index in [0.717, 1.165) is 11.3 Å². The van der Waals surface area contributed by atoms with E-state index in [0.29, 0.717) is 24.5 Å². The molecule has 2 amide bonds. The summed E-state index contributed by atoms with van der Waals surface area (Å²) in [5, 5.41) is 5.64. The van der Waals surface area contributed by atoms with E-state index in [4.69, 9.17) is 9.47 Å². The molecule has 25 heavy (non-hydrogen) atoms. The molecular weight excluding hydrogens is 320 g/mol. The predicted octanol–water partition coefficient (Wildman–Crippen LogP) is 2.32. The van der Waals surface area contributed by atoms with Crippen LogP contribution in [0.1, 0.15) is 17.9 Å². The minimum absolute atomic E-state index is 0.0271. The van der Waals surface area contributed by atoms with Gasteiger partial charge in [-0.1, -0.05) is 30.3 Å². The second-order valence-corrected chi connectivity index (χ2v) is 5.71. The van der Waals surface area contributed by atoms with Gasteiger partial charge in [0.2, 0.25) is 5.91 Å². The summed E-state index contributed by atoms with van der Waals surface area (Å²) in [4.78, 5) is 24.0. The van der Waals surface area contributed by atoms with Crippen molar-refractivity contribution in [2.45, 2.75) is 12.3 Å². The van der Waals surface area contributed by atoms with E-state index in [-0.39, 0.29) is 24.3 Å². The van der Waals surface area contributed by atoms with Crippen LogP contribution in [0.4, 0.5) is 5.69 Å². The summed E-state index contributed by atoms with van der Waals surface area (Å²) in [7, 11) is 1.55. The Morgan fingerprint density at radius 1 is 1.12 bits per heavy atom. The van der Waals surface area contributed by atoms with Gasteiger partial charge in [0, 0.05) is 12.2 Å². The van der Waals surface area contributed by atoms with Crippen LogP contribution >= 0.6 is 0 Å². The number of methoxy groups -OCH3 is 1. The summed E-state index contributed by atoms with van der Waals surface area (Å²) in [5.74, 6) is 0.601. The molecule has 2 aromatic rings. The van der Waals surface area contributed by atoms with Crippen LogP contribution in [0.5, 0.6) is 11.5 Å². The van der Waals surface area contributed by atoms with Crippen molar-refractivity contribution in [3.8, 4) is 11.5 Å². The highest BCUT2D eigenvalue weighted by atomic mass is 16.5. The van der Waals surface area contributed by atoms with Gasteiger partial charge < -0.3 is 20.1 Å². The molecule has 1 aliphatic heterocycles. The van der Waals surface area contributed by atoms with Crippen LogP contribution in [0.25, 0.3) is 0 Å². The molecule has 1 aliphatic rings. The molecule has 0 bridgehead atoms. The summed E-state index contributed by atoms with van der Waals surface area (Å²) < 4.78 is 10.6. The molecular formula is C19H20N2O4. The summed E-state index contributed by atoms with van der Waals surface area (Å²) in [6.07, 6.45) is 0.545. The Hall–Kier alpha value is -3.02. The summed E-state index contributed by atoms with van der Waals surface area (Å²) in [6, 6.07) is 14.8. The van der Waals surface area contributed by atoms with Gasteiger partial charge in [0.15, 0.2) is 18.1 Å². The van der Waals surface area contributed by atoms with Crippen molar-refractivity contribution in [1.82, 2.24) is 5.32 Å². The van der Waals surface area contributed by atoms with Crippen LogP contribution < -0.4 is 20.1 Å². The highest BCUT2D eigenvalue weighted by molar-refractivity contribution is 6.02. The molecule has 2 aromatic carbocycles. The maximum Gasteiger partial charge on any atom is 0.257 e. The zero-order valence-corrected chi connectivity index (χ0v) is 14.0. The molecule has 130 valence electrons. The Labute approximate surface area is 146 Å². The zero-order chi connectivity index (χ0) is 17.6. The lowest BCUT2D eigenvalue weighted by Crippen LogP contribution is -2.31. The van der Waals surface area contributed by atoms with E-state index in [2.05, 4.69) is 10.6 Å². The lowest BCUT2D eigenvalue weighted by molar-refractivity contribution is -0.123. The Morgan fingerprint density at radius 2 is 1.84 bits per heavy atom. The number of para-hydroxylation sites is 3. The van der Waals surface area contributed by atoms with E-state index in [1.165, 1.54) is 0 Å². The third-order valence-corrected chi connectivity index (χ3v) is 4.09. The smallest absolute Gasteiger partial charge is 0.257 e. The van der Waals surface area contributed by atoms with E-state index in [1.54, 1.807) is 19.2 Å². The van der Waals surface area contributed by atoms with Crippen LogP contribution in [0.2, 0.25) is 0 Å². The zero-order valence-electron chi connectivity index (χ0n) is 14.0. The number of rotatable bonds is 7. The third kappa shape index (κ3) is 3.91. The maximum atomic E-state index is 12.0. The average Bonchev–Trinajstić information content (AvgIpc) is 2.96. The van der Waals surface area contributed by atoms with Crippen molar-refractivity contribution >= 4 is 17.5 Å². The first-order chi connectivity index (χ1) is 12.2. The quantitative estimate of drug-likeness (QED) is 0.811. The van der Waals surface area contributed by atoms with Gasteiger partial charge in [-0.2, -0.15) is 0 Å². The molecule has 0 fully saturated rings. The molecule has 0 spiro atoms. The summed E-state index contributed by atoms with van der Waals surface area (Å²) in [6.45, 7) is 0.300. The highest BCUT2D eigenvalue weighted by Gasteiger charge is 2.29. The fraction of sp³-hybridized carbons (Fsp3) is 0.263. The molecule has 3 rings (SSSR count). The van der Waals surface area contributed by atoms with Crippen molar-refractivity contribution in [2.75, 3.05) is 25.6 Å². The predicted molar refractivity (Wildman–Crippen MR) is 93.9 cm³/mol. The number of fused-ring (bicyclic) bond motifs is 1.